The van der Waals surface area contributed by atoms with Crippen LogP contribution in [0.15, 0.2) is 30.3 Å². The summed E-state index contributed by atoms with van der Waals surface area (Å²) in [6.45, 7) is 9.39. The van der Waals surface area contributed by atoms with Crippen molar-refractivity contribution in [2.45, 2.75) is 39.3 Å². The molecular formula is C17H32N2O3Si. The largest absolute Gasteiger partial charge is 0.501 e. The van der Waals surface area contributed by atoms with Crippen LogP contribution in [0.4, 0.5) is 0 Å². The fourth-order valence-electron chi connectivity index (χ4n) is 2.45. The molecule has 0 aromatic heterocycles. The molecule has 1 aromatic rings. The van der Waals surface area contributed by atoms with Gasteiger partial charge in [0.15, 0.2) is 0 Å². The number of nitrogens with one attached hydrogen (secondary N) is 1. The summed E-state index contributed by atoms with van der Waals surface area (Å²) in [4.78, 5) is 0. The van der Waals surface area contributed by atoms with Crippen molar-refractivity contribution in [2.75, 3.05) is 32.8 Å². The molecule has 3 N–H and O–H groups in total. The molecule has 23 heavy (non-hydrogen) atoms. The molecule has 0 saturated heterocycles. The van der Waals surface area contributed by atoms with E-state index in [0.717, 1.165) is 25.6 Å². The molecule has 0 aliphatic carbocycles. The molecule has 0 radical (unpaired) electrons. The van der Waals surface area contributed by atoms with Gasteiger partial charge in [-0.15, -0.1) is 0 Å². The highest BCUT2D eigenvalue weighted by Gasteiger charge is 2.41. The zero-order valence-corrected chi connectivity index (χ0v) is 15.7. The summed E-state index contributed by atoms with van der Waals surface area (Å²) in [7, 11) is -2.67. The third-order valence-corrected chi connectivity index (χ3v) is 6.51. The van der Waals surface area contributed by atoms with Crippen LogP contribution in [0.5, 0.6) is 0 Å². The van der Waals surface area contributed by atoms with E-state index in [-0.39, 0.29) is 6.10 Å². The van der Waals surface area contributed by atoms with Crippen LogP contribution in [0.2, 0.25) is 6.04 Å². The highest BCUT2D eigenvalue weighted by Crippen LogP contribution is 2.21. The fraction of sp³-hybridized carbons (Fsp3) is 0.647. The lowest BCUT2D eigenvalue weighted by Gasteiger charge is -2.32. The lowest BCUT2D eigenvalue weighted by atomic mass is 10.2. The topological polar surface area (TPSA) is 65.7 Å². The molecule has 1 atom stereocenters. The van der Waals surface area contributed by atoms with E-state index in [1.165, 1.54) is 5.56 Å². The highest BCUT2D eigenvalue weighted by molar-refractivity contribution is 6.60. The lowest BCUT2D eigenvalue weighted by Crippen LogP contribution is -2.50. The minimum absolute atomic E-state index is 0.0297. The van der Waals surface area contributed by atoms with Gasteiger partial charge in [-0.1, -0.05) is 30.3 Å². The number of nitrogens with two attached hydrogens (primary N) is 1. The van der Waals surface area contributed by atoms with Crippen molar-refractivity contribution in [1.82, 2.24) is 5.32 Å². The number of benzene rings is 1. The second kappa shape index (κ2) is 11.7. The summed E-state index contributed by atoms with van der Waals surface area (Å²) >= 11 is 0. The Morgan fingerprint density at radius 1 is 1.13 bits per heavy atom. The van der Waals surface area contributed by atoms with Gasteiger partial charge < -0.3 is 24.3 Å². The average Bonchev–Trinajstić information content (AvgIpc) is 2.55. The normalized spacial score (nSPS) is 13.2. The minimum Gasteiger partial charge on any atom is -0.374 e. The Morgan fingerprint density at radius 3 is 2.35 bits per heavy atom. The van der Waals surface area contributed by atoms with E-state index in [0.29, 0.717) is 19.8 Å². The maximum atomic E-state index is 6.28. The summed E-state index contributed by atoms with van der Waals surface area (Å²) in [5.74, 6) is 0. The fourth-order valence-corrected chi connectivity index (χ4v) is 5.25. The van der Waals surface area contributed by atoms with E-state index in [4.69, 9.17) is 19.0 Å². The van der Waals surface area contributed by atoms with E-state index < -0.39 is 8.80 Å². The molecule has 0 aliphatic rings. The molecule has 0 fully saturated rings. The highest BCUT2D eigenvalue weighted by atomic mass is 28.4. The van der Waals surface area contributed by atoms with Crippen LogP contribution in [0.3, 0.4) is 0 Å². The van der Waals surface area contributed by atoms with Gasteiger partial charge in [0, 0.05) is 38.9 Å². The van der Waals surface area contributed by atoms with Crippen LogP contribution >= 0.6 is 0 Å². The monoisotopic (exact) mass is 340 g/mol. The van der Waals surface area contributed by atoms with Crippen molar-refractivity contribution >= 4 is 8.80 Å². The molecule has 132 valence electrons. The molecule has 1 unspecified atom stereocenters. The van der Waals surface area contributed by atoms with Crippen molar-refractivity contribution in [3.05, 3.63) is 35.9 Å². The van der Waals surface area contributed by atoms with Gasteiger partial charge in [-0.2, -0.15) is 0 Å². The van der Waals surface area contributed by atoms with Crippen LogP contribution < -0.4 is 11.1 Å². The van der Waals surface area contributed by atoms with Gasteiger partial charge in [0.25, 0.3) is 0 Å². The zero-order valence-electron chi connectivity index (χ0n) is 14.7. The minimum atomic E-state index is -2.67. The van der Waals surface area contributed by atoms with Crippen LogP contribution in [0.25, 0.3) is 0 Å². The van der Waals surface area contributed by atoms with Gasteiger partial charge in [0.05, 0.1) is 6.10 Å². The third-order valence-electron chi connectivity index (χ3n) is 3.42. The Hall–Kier alpha value is -0.763. The Morgan fingerprint density at radius 2 is 1.78 bits per heavy atom. The quantitative estimate of drug-likeness (QED) is 0.426. The van der Waals surface area contributed by atoms with Gasteiger partial charge >= 0.3 is 8.80 Å². The zero-order chi connectivity index (χ0) is 17.0. The molecule has 0 spiro atoms. The van der Waals surface area contributed by atoms with Crippen LogP contribution in [-0.4, -0.2) is 47.8 Å². The Kier molecular flexibility index (Phi) is 10.3. The van der Waals surface area contributed by atoms with E-state index in [9.17, 15) is 0 Å². The Balaban J connectivity index is 2.67. The maximum Gasteiger partial charge on any atom is 0.501 e. The summed E-state index contributed by atoms with van der Waals surface area (Å²) < 4.78 is 18.3. The van der Waals surface area contributed by atoms with E-state index >= 15 is 0 Å². The maximum absolute atomic E-state index is 6.28. The first-order chi connectivity index (χ1) is 11.2. The Bertz CT molecular complexity index is 400. The van der Waals surface area contributed by atoms with Gasteiger partial charge in [-0.25, -0.2) is 0 Å². The van der Waals surface area contributed by atoms with Gasteiger partial charge in [0.1, 0.15) is 0 Å². The average molecular weight is 341 g/mol. The molecule has 1 rings (SSSR count). The van der Waals surface area contributed by atoms with Crippen molar-refractivity contribution in [1.29, 1.82) is 0 Å². The first kappa shape index (κ1) is 20.3. The summed E-state index contributed by atoms with van der Waals surface area (Å²) in [6, 6.07) is 11.2. The van der Waals surface area contributed by atoms with Crippen molar-refractivity contribution in [2.24, 2.45) is 5.73 Å². The predicted molar refractivity (Wildman–Crippen MR) is 96.4 cm³/mol. The summed E-state index contributed by atoms with van der Waals surface area (Å²) in [5.41, 5.74) is 6.78. The second-order valence-corrected chi connectivity index (χ2v) is 8.13. The molecular weight excluding hydrogens is 308 g/mol. The SMILES string of the molecule is CCO[Si](CCc1ccccc1)(OCC)OC(C)CNCCN. The van der Waals surface area contributed by atoms with E-state index in [1.54, 1.807) is 0 Å². The number of rotatable bonds is 13. The van der Waals surface area contributed by atoms with Crippen LogP contribution in [0.1, 0.15) is 26.3 Å². The molecule has 1 aromatic carbocycles. The Labute approximate surface area is 141 Å². The molecule has 0 heterocycles. The molecule has 6 heteroatoms. The summed E-state index contributed by atoms with van der Waals surface area (Å²) in [6.07, 6.45) is 0.929. The number of hydrogen-bond donors (Lipinski definition) is 2. The van der Waals surface area contributed by atoms with Gasteiger partial charge in [-0.3, -0.25) is 0 Å². The van der Waals surface area contributed by atoms with Gasteiger partial charge in [0.2, 0.25) is 0 Å². The standard InChI is InChI=1S/C17H32N2O3Si/c1-4-20-23(21-5-2,22-16(3)15-19-13-12-18)14-11-17-9-7-6-8-10-17/h6-10,16,19H,4-5,11-15,18H2,1-3H3. The smallest absolute Gasteiger partial charge is 0.374 e. The molecule has 0 aliphatic heterocycles. The van der Waals surface area contributed by atoms with Crippen molar-refractivity contribution < 1.29 is 13.3 Å². The predicted octanol–water partition coefficient (Wildman–Crippen LogP) is 2.19. The molecule has 0 bridgehead atoms. The van der Waals surface area contributed by atoms with Crippen molar-refractivity contribution in [3.8, 4) is 0 Å². The van der Waals surface area contributed by atoms with Crippen LogP contribution in [-0.2, 0) is 19.7 Å². The van der Waals surface area contributed by atoms with Crippen molar-refractivity contribution in [3.63, 3.8) is 0 Å². The van der Waals surface area contributed by atoms with E-state index in [2.05, 4.69) is 29.6 Å². The molecule has 0 amide bonds. The first-order valence-electron chi connectivity index (χ1n) is 8.56. The number of aryl methyl sites for hydroxylation is 1. The van der Waals surface area contributed by atoms with Gasteiger partial charge in [-0.05, 0) is 32.8 Å². The first-order valence-corrected chi connectivity index (χ1v) is 10.5. The third kappa shape index (κ3) is 8.05. The van der Waals surface area contributed by atoms with Crippen LogP contribution in [0, 0.1) is 0 Å². The lowest BCUT2D eigenvalue weighted by molar-refractivity contribution is 0.0386. The summed E-state index contributed by atoms with van der Waals surface area (Å²) in [5, 5.41) is 3.28. The molecule has 5 nitrogen and oxygen atoms in total. The van der Waals surface area contributed by atoms with E-state index in [1.807, 2.05) is 26.8 Å². The molecule has 0 saturated carbocycles. The second-order valence-electron chi connectivity index (χ2n) is 5.46. The number of hydrogen-bond acceptors (Lipinski definition) is 5.